The van der Waals surface area contributed by atoms with Crippen LogP contribution in [0.2, 0.25) is 0 Å². The molecule has 0 atom stereocenters. The van der Waals surface area contributed by atoms with Gasteiger partial charge in [-0.1, -0.05) is 0 Å². The third-order valence-corrected chi connectivity index (χ3v) is 4.51. The highest BCUT2D eigenvalue weighted by atomic mass is 16.7. The molecule has 2 aromatic rings. The Labute approximate surface area is 136 Å². The Hall–Kier alpha value is -1.77. The van der Waals surface area contributed by atoms with Crippen LogP contribution in [0.25, 0.3) is 17.2 Å². The Bertz CT molecular complexity index is 724. The quantitative estimate of drug-likeness (QED) is 0.834. The third kappa shape index (κ3) is 2.89. The van der Waals surface area contributed by atoms with Crippen LogP contribution in [0.5, 0.6) is 0 Å². The van der Waals surface area contributed by atoms with Crippen LogP contribution in [-0.2, 0) is 9.31 Å². The van der Waals surface area contributed by atoms with E-state index in [0.717, 1.165) is 16.7 Å². The average Bonchev–Trinajstić information content (AvgIpc) is 3.02. The van der Waals surface area contributed by atoms with Crippen molar-refractivity contribution < 1.29 is 9.31 Å². The summed E-state index contributed by atoms with van der Waals surface area (Å²) >= 11 is 0. The first-order valence-electron chi connectivity index (χ1n) is 7.69. The van der Waals surface area contributed by atoms with Gasteiger partial charge < -0.3 is 19.6 Å². The first-order chi connectivity index (χ1) is 10.8. The molecule has 0 saturated carbocycles. The molecule has 0 radical (unpaired) electrons. The van der Waals surface area contributed by atoms with Crippen molar-refractivity contribution in [1.82, 2.24) is 25.3 Å². The van der Waals surface area contributed by atoms with E-state index in [2.05, 4.69) is 25.3 Å². The van der Waals surface area contributed by atoms with E-state index in [1.807, 2.05) is 40.8 Å². The van der Waals surface area contributed by atoms with E-state index in [1.54, 1.807) is 6.33 Å². The molecule has 1 fully saturated rings. The fourth-order valence-corrected chi connectivity index (χ4v) is 2.47. The summed E-state index contributed by atoms with van der Waals surface area (Å²) < 4.78 is 12.3. The zero-order chi connectivity index (χ0) is 16.7. The minimum Gasteiger partial charge on any atom is -0.400 e. The van der Waals surface area contributed by atoms with Crippen molar-refractivity contribution in [2.45, 2.75) is 38.9 Å². The van der Waals surface area contributed by atoms with Gasteiger partial charge in [-0.15, -0.1) is 0 Å². The van der Waals surface area contributed by atoms with Gasteiger partial charge in [0, 0.05) is 6.54 Å². The van der Waals surface area contributed by atoms with Gasteiger partial charge in [-0.25, -0.2) is 15.0 Å². The lowest BCUT2D eigenvalue weighted by atomic mass is 9.77. The summed E-state index contributed by atoms with van der Waals surface area (Å²) in [6, 6.07) is 0. The first kappa shape index (κ1) is 16.1. The van der Waals surface area contributed by atoms with E-state index in [-0.39, 0.29) is 11.2 Å². The van der Waals surface area contributed by atoms with Crippen molar-refractivity contribution >= 4 is 24.4 Å². The normalized spacial score (nSPS) is 20.4. The van der Waals surface area contributed by atoms with Gasteiger partial charge in [-0.2, -0.15) is 0 Å². The molecule has 1 aliphatic heterocycles. The Balaban J connectivity index is 1.98. The molecular weight excluding hydrogens is 293 g/mol. The van der Waals surface area contributed by atoms with Gasteiger partial charge in [0.05, 0.1) is 23.2 Å². The average molecular weight is 315 g/mol. The summed E-state index contributed by atoms with van der Waals surface area (Å²) in [6.45, 7) is 8.81. The maximum Gasteiger partial charge on any atom is 0.491 e. The van der Waals surface area contributed by atoms with E-state index in [9.17, 15) is 0 Å². The van der Waals surface area contributed by atoms with Crippen LogP contribution in [0.4, 0.5) is 0 Å². The first-order valence-corrected chi connectivity index (χ1v) is 7.69. The zero-order valence-electron chi connectivity index (χ0n) is 14.2. The standard InChI is InChI=1S/C15H22BN5O2/c1-14(2)15(3,4)23-16(22-14)10(7-17-5)6-11-12-13(20-8-18-11)21-9-19-12/h6,8-9,17H,7H2,1-5H3,(H,18,19,20,21). The number of H-pyrrole nitrogens is 1. The highest BCUT2D eigenvalue weighted by Gasteiger charge is 2.52. The lowest BCUT2D eigenvalue weighted by Gasteiger charge is -2.32. The monoisotopic (exact) mass is 315 g/mol. The van der Waals surface area contributed by atoms with Crippen LogP contribution in [0.3, 0.4) is 0 Å². The summed E-state index contributed by atoms with van der Waals surface area (Å²) in [4.78, 5) is 15.7. The van der Waals surface area contributed by atoms with Gasteiger partial charge in [0.2, 0.25) is 0 Å². The SMILES string of the molecule is CNCC(=Cc1ncnc2nc[nH]c12)B1OC(C)(C)C(C)(C)O1. The van der Waals surface area contributed by atoms with E-state index >= 15 is 0 Å². The number of nitrogens with one attached hydrogen (secondary N) is 2. The van der Waals surface area contributed by atoms with Gasteiger partial charge in [0.25, 0.3) is 0 Å². The number of nitrogens with zero attached hydrogens (tertiary/aromatic N) is 3. The van der Waals surface area contributed by atoms with Crippen LogP contribution >= 0.6 is 0 Å². The molecular formula is C15H22BN5O2. The van der Waals surface area contributed by atoms with E-state index in [4.69, 9.17) is 9.31 Å². The number of likely N-dealkylation sites (N-methyl/N-ethyl adjacent to an activating group) is 1. The Kier molecular flexibility index (Phi) is 3.99. The Morgan fingerprint density at radius 2 is 1.91 bits per heavy atom. The topological polar surface area (TPSA) is 85.0 Å². The molecule has 23 heavy (non-hydrogen) atoms. The van der Waals surface area contributed by atoms with Gasteiger partial charge in [0.1, 0.15) is 11.8 Å². The largest absolute Gasteiger partial charge is 0.491 e. The van der Waals surface area contributed by atoms with E-state index in [1.165, 1.54) is 6.33 Å². The lowest BCUT2D eigenvalue weighted by Crippen LogP contribution is -2.41. The van der Waals surface area contributed by atoms with Crippen molar-refractivity contribution in [2.75, 3.05) is 13.6 Å². The summed E-state index contributed by atoms with van der Waals surface area (Å²) in [7, 11) is 1.48. The highest BCUT2D eigenvalue weighted by Crippen LogP contribution is 2.38. The molecule has 8 heteroatoms. The summed E-state index contributed by atoms with van der Waals surface area (Å²) in [5, 5.41) is 3.16. The van der Waals surface area contributed by atoms with Crippen molar-refractivity contribution in [3.8, 4) is 0 Å². The molecule has 3 rings (SSSR count). The second-order valence-electron chi connectivity index (χ2n) is 6.70. The Morgan fingerprint density at radius 3 is 2.57 bits per heavy atom. The van der Waals surface area contributed by atoms with Crippen molar-refractivity contribution in [3.05, 3.63) is 23.8 Å². The highest BCUT2D eigenvalue weighted by molar-refractivity contribution is 6.56. The number of fused-ring (bicyclic) bond motifs is 1. The van der Waals surface area contributed by atoms with E-state index in [0.29, 0.717) is 12.2 Å². The van der Waals surface area contributed by atoms with E-state index < -0.39 is 7.12 Å². The van der Waals surface area contributed by atoms with Gasteiger partial charge >= 0.3 is 7.12 Å². The zero-order valence-corrected chi connectivity index (χ0v) is 14.2. The van der Waals surface area contributed by atoms with Gasteiger partial charge in [-0.05, 0) is 46.3 Å². The lowest BCUT2D eigenvalue weighted by molar-refractivity contribution is 0.00578. The van der Waals surface area contributed by atoms with Crippen molar-refractivity contribution in [2.24, 2.45) is 0 Å². The maximum absolute atomic E-state index is 6.14. The fourth-order valence-electron chi connectivity index (χ4n) is 2.47. The molecule has 0 aliphatic carbocycles. The third-order valence-electron chi connectivity index (χ3n) is 4.51. The second-order valence-corrected chi connectivity index (χ2v) is 6.70. The Morgan fingerprint density at radius 1 is 1.22 bits per heavy atom. The molecule has 2 N–H and O–H groups in total. The van der Waals surface area contributed by atoms with Crippen LogP contribution in [0.1, 0.15) is 33.4 Å². The van der Waals surface area contributed by atoms with Gasteiger partial charge in [0.15, 0.2) is 5.65 Å². The maximum atomic E-state index is 6.14. The minimum atomic E-state index is -0.416. The molecule has 0 aromatic carbocycles. The number of rotatable bonds is 4. The van der Waals surface area contributed by atoms with Crippen molar-refractivity contribution in [3.63, 3.8) is 0 Å². The molecule has 122 valence electrons. The summed E-state index contributed by atoms with van der Waals surface area (Å²) in [5.74, 6) is 0. The molecule has 0 amide bonds. The van der Waals surface area contributed by atoms with Crippen LogP contribution in [0.15, 0.2) is 18.1 Å². The second kappa shape index (κ2) is 5.70. The molecule has 0 bridgehead atoms. The molecule has 3 heterocycles. The molecule has 0 spiro atoms. The number of hydrogen-bond acceptors (Lipinski definition) is 6. The number of hydrogen-bond donors (Lipinski definition) is 2. The van der Waals surface area contributed by atoms with Crippen LogP contribution < -0.4 is 5.32 Å². The summed E-state index contributed by atoms with van der Waals surface area (Å²) in [6.07, 6.45) is 5.10. The number of imidazole rings is 1. The fraction of sp³-hybridized carbons (Fsp3) is 0.533. The number of aromatic nitrogens is 4. The predicted molar refractivity (Wildman–Crippen MR) is 89.7 cm³/mol. The minimum absolute atomic E-state index is 0.376. The molecule has 2 aromatic heterocycles. The predicted octanol–water partition coefficient (Wildman–Crippen LogP) is 1.59. The molecule has 1 saturated heterocycles. The van der Waals surface area contributed by atoms with Crippen LogP contribution in [-0.4, -0.2) is 51.8 Å². The summed E-state index contributed by atoms with van der Waals surface area (Å²) in [5.41, 5.74) is 2.44. The molecule has 1 aliphatic rings. The molecule has 7 nitrogen and oxygen atoms in total. The smallest absolute Gasteiger partial charge is 0.400 e. The molecule has 0 unspecified atom stereocenters. The van der Waals surface area contributed by atoms with Crippen LogP contribution in [0, 0.1) is 0 Å². The van der Waals surface area contributed by atoms with Gasteiger partial charge in [-0.3, -0.25) is 0 Å². The number of aromatic amines is 1. The van der Waals surface area contributed by atoms with Crippen molar-refractivity contribution in [1.29, 1.82) is 0 Å².